The van der Waals surface area contributed by atoms with E-state index < -0.39 is 11.8 Å². The smallest absolute Gasteiger partial charge is 0.261 e. The molecular weight excluding hydrogens is 512 g/mol. The van der Waals surface area contributed by atoms with Crippen LogP contribution in [0.15, 0.2) is 72.8 Å². The fourth-order valence-electron chi connectivity index (χ4n) is 4.95. The molecule has 1 heterocycles. The molecule has 0 aliphatic carbocycles. The summed E-state index contributed by atoms with van der Waals surface area (Å²) in [5.74, 6) is 0.444. The van der Waals surface area contributed by atoms with Crippen molar-refractivity contribution in [1.29, 1.82) is 0 Å². The Labute approximate surface area is 231 Å². The molecule has 0 spiro atoms. The molecule has 3 amide bonds. The molecule has 4 aromatic carbocycles. The van der Waals surface area contributed by atoms with Gasteiger partial charge in [0.25, 0.3) is 17.7 Å². The van der Waals surface area contributed by atoms with Crippen LogP contribution >= 0.6 is 0 Å². The fraction of sp³-hybridized carbons (Fsp3) is 0.194. The van der Waals surface area contributed by atoms with Crippen molar-refractivity contribution in [2.45, 2.75) is 0 Å². The van der Waals surface area contributed by atoms with E-state index in [1.165, 1.54) is 31.1 Å². The quantitative estimate of drug-likeness (QED) is 0.281. The minimum Gasteiger partial charge on any atom is -0.497 e. The average Bonchev–Trinajstić information content (AvgIpc) is 3.00. The van der Waals surface area contributed by atoms with Crippen molar-refractivity contribution < 1.29 is 33.3 Å². The number of hydrogen-bond acceptors (Lipinski definition) is 7. The molecule has 5 rings (SSSR count). The highest BCUT2D eigenvalue weighted by molar-refractivity contribution is 6.25. The minimum absolute atomic E-state index is 0.0232. The first-order valence-corrected chi connectivity index (χ1v) is 12.6. The lowest BCUT2D eigenvalue weighted by Gasteiger charge is -2.30. The van der Waals surface area contributed by atoms with Crippen LogP contribution in [0.5, 0.6) is 23.0 Å². The third-order valence-electron chi connectivity index (χ3n) is 6.94. The van der Waals surface area contributed by atoms with Crippen molar-refractivity contribution in [3.8, 4) is 23.0 Å². The van der Waals surface area contributed by atoms with Crippen molar-refractivity contribution in [3.05, 3.63) is 89.5 Å². The molecule has 0 saturated carbocycles. The summed E-state index contributed by atoms with van der Waals surface area (Å²) in [4.78, 5) is 43.6. The second kappa shape index (κ2) is 11.0. The van der Waals surface area contributed by atoms with E-state index in [2.05, 4.69) is 0 Å². The van der Waals surface area contributed by atoms with E-state index in [0.717, 1.165) is 5.39 Å². The molecule has 1 aliphatic heterocycles. The molecule has 204 valence electrons. The maximum Gasteiger partial charge on any atom is 0.261 e. The SMILES string of the molecule is COc1ccc(N(CCN2C(=O)c3cccc4cccc(c34)C2=O)C(=O)c2cc(OC)c(OC)c(OC)c2)cc1. The fourth-order valence-corrected chi connectivity index (χ4v) is 4.95. The van der Waals surface area contributed by atoms with Gasteiger partial charge < -0.3 is 23.8 Å². The zero-order valence-electron chi connectivity index (χ0n) is 22.6. The molecule has 1 aliphatic rings. The zero-order valence-corrected chi connectivity index (χ0v) is 22.6. The molecule has 4 aromatic rings. The van der Waals surface area contributed by atoms with Crippen molar-refractivity contribution >= 4 is 34.2 Å². The zero-order chi connectivity index (χ0) is 28.4. The summed E-state index contributed by atoms with van der Waals surface area (Å²) in [5, 5.41) is 1.48. The Morgan fingerprint density at radius 1 is 0.750 bits per heavy atom. The molecule has 0 atom stereocenters. The molecule has 0 unspecified atom stereocenters. The van der Waals surface area contributed by atoms with Crippen LogP contribution in [0.25, 0.3) is 10.8 Å². The number of hydrogen-bond donors (Lipinski definition) is 0. The second-order valence-corrected chi connectivity index (χ2v) is 9.04. The predicted molar refractivity (Wildman–Crippen MR) is 150 cm³/mol. The number of imide groups is 1. The van der Waals surface area contributed by atoms with Gasteiger partial charge in [-0.25, -0.2) is 0 Å². The van der Waals surface area contributed by atoms with Crippen molar-refractivity contribution in [3.63, 3.8) is 0 Å². The number of nitrogens with zero attached hydrogens (tertiary/aromatic N) is 2. The minimum atomic E-state index is -0.399. The Morgan fingerprint density at radius 2 is 1.32 bits per heavy atom. The third kappa shape index (κ3) is 4.55. The van der Waals surface area contributed by atoms with Crippen LogP contribution in [-0.4, -0.2) is 64.2 Å². The second-order valence-electron chi connectivity index (χ2n) is 9.04. The van der Waals surface area contributed by atoms with Crippen LogP contribution in [0.3, 0.4) is 0 Å². The van der Waals surface area contributed by atoms with E-state index in [0.29, 0.717) is 45.2 Å². The maximum absolute atomic E-state index is 14.0. The lowest BCUT2D eigenvalue weighted by Crippen LogP contribution is -2.46. The van der Waals surface area contributed by atoms with Gasteiger partial charge in [0.1, 0.15) is 5.75 Å². The van der Waals surface area contributed by atoms with Crippen LogP contribution in [0.1, 0.15) is 31.1 Å². The van der Waals surface area contributed by atoms with Gasteiger partial charge in [-0.2, -0.15) is 0 Å². The van der Waals surface area contributed by atoms with E-state index in [9.17, 15) is 14.4 Å². The van der Waals surface area contributed by atoms with Gasteiger partial charge in [0, 0.05) is 40.9 Å². The van der Waals surface area contributed by atoms with E-state index >= 15 is 0 Å². The Bertz CT molecular complexity index is 1540. The lowest BCUT2D eigenvalue weighted by molar-refractivity contribution is 0.0611. The first-order chi connectivity index (χ1) is 19.4. The lowest BCUT2D eigenvalue weighted by atomic mass is 9.94. The summed E-state index contributed by atoms with van der Waals surface area (Å²) in [5.41, 5.74) is 1.75. The van der Waals surface area contributed by atoms with Gasteiger partial charge in [-0.3, -0.25) is 19.3 Å². The summed E-state index contributed by atoms with van der Waals surface area (Å²) >= 11 is 0. The van der Waals surface area contributed by atoms with Crippen LogP contribution in [0.2, 0.25) is 0 Å². The molecule has 40 heavy (non-hydrogen) atoms. The highest BCUT2D eigenvalue weighted by Gasteiger charge is 2.33. The number of ether oxygens (including phenoxy) is 4. The van der Waals surface area contributed by atoms with Crippen LogP contribution in [0, 0.1) is 0 Å². The van der Waals surface area contributed by atoms with Crippen molar-refractivity contribution in [2.75, 3.05) is 46.4 Å². The maximum atomic E-state index is 14.0. The van der Waals surface area contributed by atoms with Crippen molar-refractivity contribution in [2.24, 2.45) is 0 Å². The monoisotopic (exact) mass is 540 g/mol. The Balaban J connectivity index is 1.51. The van der Waals surface area contributed by atoms with Gasteiger partial charge in [0.15, 0.2) is 11.5 Å². The molecule has 0 aromatic heterocycles. The average molecular weight is 541 g/mol. The number of amides is 3. The third-order valence-corrected chi connectivity index (χ3v) is 6.94. The topological polar surface area (TPSA) is 94.6 Å². The number of methoxy groups -OCH3 is 4. The summed E-state index contributed by atoms with van der Waals surface area (Å²) in [6.45, 7) is 0.0159. The molecule has 0 saturated heterocycles. The van der Waals surface area contributed by atoms with Gasteiger partial charge >= 0.3 is 0 Å². The van der Waals surface area contributed by atoms with Gasteiger partial charge in [-0.05, 0) is 53.9 Å². The number of rotatable bonds is 9. The highest BCUT2D eigenvalue weighted by Crippen LogP contribution is 2.39. The van der Waals surface area contributed by atoms with E-state index in [4.69, 9.17) is 18.9 Å². The first-order valence-electron chi connectivity index (χ1n) is 12.6. The highest BCUT2D eigenvalue weighted by atomic mass is 16.5. The molecule has 9 heteroatoms. The number of carbonyl (C=O) groups is 3. The number of carbonyl (C=O) groups excluding carboxylic acids is 3. The standard InChI is InChI=1S/C31H28N2O7/c1-37-22-13-11-21(12-14-22)32(29(34)20-17-25(38-2)28(40-4)26(18-20)39-3)15-16-33-30(35)23-9-5-7-19-8-6-10-24(27(19)23)31(33)36/h5-14,17-18H,15-16H2,1-4H3. The Hall–Kier alpha value is -5.05. The first kappa shape index (κ1) is 26.6. The molecule has 9 nitrogen and oxygen atoms in total. The van der Waals surface area contributed by atoms with Gasteiger partial charge in [-0.15, -0.1) is 0 Å². The summed E-state index contributed by atoms with van der Waals surface area (Å²) in [6, 6.07) is 20.9. The van der Waals surface area contributed by atoms with Gasteiger partial charge in [-0.1, -0.05) is 24.3 Å². The van der Waals surface area contributed by atoms with E-state index in [-0.39, 0.29) is 24.6 Å². The molecule has 0 N–H and O–H groups in total. The molecule has 0 fully saturated rings. The molecule has 0 radical (unpaired) electrons. The predicted octanol–water partition coefficient (Wildman–Crippen LogP) is 4.82. The van der Waals surface area contributed by atoms with Gasteiger partial charge in [0.05, 0.1) is 28.4 Å². The largest absolute Gasteiger partial charge is 0.497 e. The number of anilines is 1. The van der Waals surface area contributed by atoms with E-state index in [1.54, 1.807) is 67.8 Å². The van der Waals surface area contributed by atoms with Crippen LogP contribution in [-0.2, 0) is 0 Å². The Morgan fingerprint density at radius 3 is 1.82 bits per heavy atom. The van der Waals surface area contributed by atoms with Crippen molar-refractivity contribution in [1.82, 2.24) is 4.90 Å². The van der Waals surface area contributed by atoms with Gasteiger partial charge in [0.2, 0.25) is 5.75 Å². The normalized spacial score (nSPS) is 12.3. The Kier molecular flexibility index (Phi) is 7.29. The number of benzene rings is 4. The summed E-state index contributed by atoms with van der Waals surface area (Å²) in [7, 11) is 5.98. The van der Waals surface area contributed by atoms with E-state index in [1.807, 2.05) is 12.1 Å². The molecular formula is C31H28N2O7. The van der Waals surface area contributed by atoms with Crippen LogP contribution < -0.4 is 23.8 Å². The molecule has 0 bridgehead atoms. The summed E-state index contributed by atoms with van der Waals surface area (Å²) in [6.07, 6.45) is 0. The summed E-state index contributed by atoms with van der Waals surface area (Å²) < 4.78 is 21.6. The van der Waals surface area contributed by atoms with Crippen LogP contribution in [0.4, 0.5) is 5.69 Å².